The van der Waals surface area contributed by atoms with Crippen molar-refractivity contribution >= 4 is 17.5 Å². The quantitative estimate of drug-likeness (QED) is 0.852. The molecule has 1 unspecified atom stereocenters. The van der Waals surface area contributed by atoms with E-state index in [0.29, 0.717) is 5.56 Å². The maximum atomic E-state index is 11.7. The van der Waals surface area contributed by atoms with Gasteiger partial charge >= 0.3 is 0 Å². The molecule has 0 fully saturated rings. The molecule has 0 aliphatic rings. The Hall–Kier alpha value is -1.22. The highest BCUT2D eigenvalue weighted by molar-refractivity contribution is 6.32. The van der Waals surface area contributed by atoms with Crippen LogP contribution in [0.5, 0.6) is 5.75 Å². The van der Waals surface area contributed by atoms with Crippen molar-refractivity contribution < 1.29 is 9.90 Å². The molecule has 0 aromatic heterocycles. The zero-order chi connectivity index (χ0) is 12.1. The van der Waals surface area contributed by atoms with Gasteiger partial charge in [0, 0.05) is 11.6 Å². The third-order valence-electron chi connectivity index (χ3n) is 2.31. The summed E-state index contributed by atoms with van der Waals surface area (Å²) in [6, 6.07) is 4.58. The Bertz CT molecular complexity index is 379. The second kappa shape index (κ2) is 5.75. The number of hydrogen-bond acceptors (Lipinski definition) is 2. The van der Waals surface area contributed by atoms with Crippen LogP contribution in [0.15, 0.2) is 18.2 Å². The molecule has 0 aliphatic heterocycles. The molecule has 1 aromatic rings. The van der Waals surface area contributed by atoms with Gasteiger partial charge in [0.05, 0.1) is 5.02 Å². The van der Waals surface area contributed by atoms with E-state index in [-0.39, 0.29) is 22.7 Å². The molecule has 1 amide bonds. The number of carbonyl (C=O) groups is 1. The van der Waals surface area contributed by atoms with E-state index in [1.807, 2.05) is 6.92 Å². The zero-order valence-corrected chi connectivity index (χ0v) is 10.2. The number of amides is 1. The van der Waals surface area contributed by atoms with Crippen molar-refractivity contribution in [2.45, 2.75) is 32.7 Å². The van der Waals surface area contributed by atoms with Crippen LogP contribution >= 0.6 is 11.6 Å². The molecule has 0 aliphatic carbocycles. The summed E-state index contributed by atoms with van der Waals surface area (Å²) in [5.74, 6) is -0.178. The average molecular weight is 242 g/mol. The van der Waals surface area contributed by atoms with E-state index >= 15 is 0 Å². The molecular formula is C12H16ClNO2. The van der Waals surface area contributed by atoms with Crippen LogP contribution in [-0.4, -0.2) is 17.1 Å². The molecule has 0 bridgehead atoms. The van der Waals surface area contributed by atoms with Crippen LogP contribution in [0.25, 0.3) is 0 Å². The summed E-state index contributed by atoms with van der Waals surface area (Å²) >= 11 is 5.73. The predicted octanol–water partition coefficient (Wildman–Crippen LogP) is 2.96. The second-order valence-corrected chi connectivity index (χ2v) is 4.24. The molecule has 1 atom stereocenters. The molecular weight excluding hydrogens is 226 g/mol. The number of rotatable bonds is 4. The minimum atomic E-state index is -0.164. The van der Waals surface area contributed by atoms with Gasteiger partial charge in [0.2, 0.25) is 0 Å². The third-order valence-corrected chi connectivity index (χ3v) is 2.61. The van der Waals surface area contributed by atoms with Gasteiger partial charge in [0.25, 0.3) is 5.91 Å². The fourth-order valence-corrected chi connectivity index (χ4v) is 1.64. The minimum Gasteiger partial charge on any atom is -0.506 e. The van der Waals surface area contributed by atoms with Crippen molar-refractivity contribution in [3.05, 3.63) is 28.8 Å². The lowest BCUT2D eigenvalue weighted by Gasteiger charge is -2.12. The van der Waals surface area contributed by atoms with Gasteiger partial charge in [-0.25, -0.2) is 0 Å². The topological polar surface area (TPSA) is 49.3 Å². The lowest BCUT2D eigenvalue weighted by molar-refractivity contribution is 0.0938. The Kier molecular flexibility index (Phi) is 4.62. The second-order valence-electron chi connectivity index (χ2n) is 3.83. The molecule has 3 nitrogen and oxygen atoms in total. The molecule has 0 radical (unpaired) electrons. The van der Waals surface area contributed by atoms with E-state index in [0.717, 1.165) is 12.8 Å². The first-order valence-corrected chi connectivity index (χ1v) is 5.71. The van der Waals surface area contributed by atoms with E-state index in [4.69, 9.17) is 11.6 Å². The number of benzene rings is 1. The smallest absolute Gasteiger partial charge is 0.251 e. The van der Waals surface area contributed by atoms with Crippen molar-refractivity contribution in [1.29, 1.82) is 0 Å². The van der Waals surface area contributed by atoms with E-state index in [9.17, 15) is 9.90 Å². The van der Waals surface area contributed by atoms with Crippen LogP contribution in [0.4, 0.5) is 0 Å². The van der Waals surface area contributed by atoms with Crippen LogP contribution in [0.2, 0.25) is 5.02 Å². The van der Waals surface area contributed by atoms with Crippen molar-refractivity contribution in [1.82, 2.24) is 5.32 Å². The predicted molar refractivity (Wildman–Crippen MR) is 65.0 cm³/mol. The number of phenols is 1. The molecule has 0 heterocycles. The summed E-state index contributed by atoms with van der Waals surface area (Å²) in [5, 5.41) is 12.3. The van der Waals surface area contributed by atoms with Gasteiger partial charge in [0.1, 0.15) is 5.75 Å². The van der Waals surface area contributed by atoms with E-state index in [2.05, 4.69) is 12.2 Å². The number of nitrogens with one attached hydrogen (secondary N) is 1. The Balaban J connectivity index is 2.69. The summed E-state index contributed by atoms with van der Waals surface area (Å²) in [7, 11) is 0. The molecule has 0 saturated carbocycles. The molecule has 0 spiro atoms. The highest BCUT2D eigenvalue weighted by atomic mass is 35.5. The Morgan fingerprint density at radius 1 is 1.56 bits per heavy atom. The third kappa shape index (κ3) is 3.42. The first kappa shape index (κ1) is 12.8. The monoisotopic (exact) mass is 241 g/mol. The van der Waals surface area contributed by atoms with Crippen molar-refractivity contribution in [3.8, 4) is 5.75 Å². The number of hydrogen-bond donors (Lipinski definition) is 2. The Morgan fingerprint density at radius 2 is 2.25 bits per heavy atom. The normalized spacial score (nSPS) is 12.2. The summed E-state index contributed by atoms with van der Waals surface area (Å²) < 4.78 is 0. The molecule has 0 saturated heterocycles. The average Bonchev–Trinajstić information content (AvgIpc) is 2.22. The maximum absolute atomic E-state index is 11.7. The zero-order valence-electron chi connectivity index (χ0n) is 9.46. The van der Waals surface area contributed by atoms with Crippen LogP contribution in [0.3, 0.4) is 0 Å². The molecule has 1 rings (SSSR count). The van der Waals surface area contributed by atoms with Crippen LogP contribution in [0, 0.1) is 0 Å². The molecule has 1 aromatic carbocycles. The van der Waals surface area contributed by atoms with Crippen molar-refractivity contribution in [2.75, 3.05) is 0 Å². The Labute approximate surface area is 100 Å². The van der Waals surface area contributed by atoms with Gasteiger partial charge in [0.15, 0.2) is 0 Å². The lowest BCUT2D eigenvalue weighted by Crippen LogP contribution is -2.32. The van der Waals surface area contributed by atoms with Gasteiger partial charge in [-0.2, -0.15) is 0 Å². The van der Waals surface area contributed by atoms with Crippen LogP contribution < -0.4 is 5.32 Å². The fourth-order valence-electron chi connectivity index (χ4n) is 1.46. The van der Waals surface area contributed by atoms with Crippen LogP contribution in [-0.2, 0) is 0 Å². The molecule has 4 heteroatoms. The number of aromatic hydroxyl groups is 1. The SMILES string of the molecule is CCCC(C)NC(=O)c1ccc(O)c(Cl)c1. The summed E-state index contributed by atoms with van der Waals surface area (Å²) in [4.78, 5) is 11.7. The van der Waals surface area contributed by atoms with Crippen molar-refractivity contribution in [2.24, 2.45) is 0 Å². The first-order valence-electron chi connectivity index (χ1n) is 5.34. The molecule has 88 valence electrons. The molecule has 2 N–H and O–H groups in total. The minimum absolute atomic E-state index is 0.0141. The van der Waals surface area contributed by atoms with Gasteiger partial charge in [-0.1, -0.05) is 24.9 Å². The lowest BCUT2D eigenvalue weighted by atomic mass is 10.1. The first-order chi connectivity index (χ1) is 7.54. The summed E-state index contributed by atoms with van der Waals surface area (Å²) in [6.07, 6.45) is 1.97. The van der Waals surface area contributed by atoms with E-state index in [1.165, 1.54) is 12.1 Å². The standard InChI is InChI=1S/C12H16ClNO2/c1-3-4-8(2)14-12(16)9-5-6-11(15)10(13)7-9/h5-8,15H,3-4H2,1-2H3,(H,14,16). The fraction of sp³-hybridized carbons (Fsp3) is 0.417. The largest absolute Gasteiger partial charge is 0.506 e. The molecule has 16 heavy (non-hydrogen) atoms. The summed E-state index contributed by atoms with van der Waals surface area (Å²) in [6.45, 7) is 4.03. The van der Waals surface area contributed by atoms with E-state index < -0.39 is 0 Å². The maximum Gasteiger partial charge on any atom is 0.251 e. The summed E-state index contributed by atoms with van der Waals surface area (Å²) in [5.41, 5.74) is 0.464. The number of phenolic OH excluding ortho intramolecular Hbond substituents is 1. The highest BCUT2D eigenvalue weighted by Crippen LogP contribution is 2.23. The van der Waals surface area contributed by atoms with Crippen LogP contribution in [0.1, 0.15) is 37.0 Å². The number of carbonyl (C=O) groups excluding carboxylic acids is 1. The highest BCUT2D eigenvalue weighted by Gasteiger charge is 2.10. The number of halogens is 1. The van der Waals surface area contributed by atoms with E-state index in [1.54, 1.807) is 6.07 Å². The van der Waals surface area contributed by atoms with Gasteiger partial charge in [-0.15, -0.1) is 0 Å². The van der Waals surface area contributed by atoms with Gasteiger partial charge in [-0.05, 0) is 31.5 Å². The van der Waals surface area contributed by atoms with Gasteiger partial charge in [-0.3, -0.25) is 4.79 Å². The Morgan fingerprint density at radius 3 is 2.81 bits per heavy atom. The van der Waals surface area contributed by atoms with Crippen molar-refractivity contribution in [3.63, 3.8) is 0 Å². The van der Waals surface area contributed by atoms with Gasteiger partial charge < -0.3 is 10.4 Å².